The number of carbonyl (C=O) groups excluding carboxylic acids is 1. The Hall–Kier alpha value is -1.64. The highest BCUT2D eigenvalue weighted by atomic mass is 19.1. The third-order valence-corrected chi connectivity index (χ3v) is 3.47. The molecule has 0 saturated carbocycles. The second-order valence-corrected chi connectivity index (χ2v) is 5.57. The lowest BCUT2D eigenvalue weighted by Crippen LogP contribution is -2.41. The molecular formula is C16H20FNO. The lowest BCUT2D eigenvalue weighted by Gasteiger charge is -2.34. The maximum Gasteiger partial charge on any atom is 0.246 e. The van der Waals surface area contributed by atoms with Gasteiger partial charge >= 0.3 is 0 Å². The van der Waals surface area contributed by atoms with Crippen molar-refractivity contribution in [2.24, 2.45) is 11.8 Å². The Kier molecular flexibility index (Phi) is 4.35. The summed E-state index contributed by atoms with van der Waals surface area (Å²) < 4.78 is 12.8. The lowest BCUT2D eigenvalue weighted by molar-refractivity contribution is -0.128. The molecule has 1 aliphatic rings. The Morgan fingerprint density at radius 1 is 1.21 bits per heavy atom. The Morgan fingerprint density at radius 2 is 1.79 bits per heavy atom. The van der Waals surface area contributed by atoms with Crippen molar-refractivity contribution in [1.82, 2.24) is 4.90 Å². The summed E-state index contributed by atoms with van der Waals surface area (Å²) in [5.41, 5.74) is 0.841. The van der Waals surface area contributed by atoms with E-state index in [1.54, 1.807) is 24.3 Å². The number of hydrogen-bond donors (Lipinski definition) is 0. The summed E-state index contributed by atoms with van der Waals surface area (Å²) in [6.45, 7) is 6.02. The highest BCUT2D eigenvalue weighted by Crippen LogP contribution is 2.21. The van der Waals surface area contributed by atoms with Gasteiger partial charge in [-0.15, -0.1) is 0 Å². The molecule has 0 spiro atoms. The summed E-state index contributed by atoms with van der Waals surface area (Å²) in [4.78, 5) is 14.0. The molecule has 102 valence electrons. The average molecular weight is 261 g/mol. The number of likely N-dealkylation sites (tertiary alicyclic amines) is 1. The summed E-state index contributed by atoms with van der Waals surface area (Å²) in [6.07, 6.45) is 4.51. The zero-order valence-electron chi connectivity index (χ0n) is 11.5. The number of benzene rings is 1. The van der Waals surface area contributed by atoms with Gasteiger partial charge < -0.3 is 4.90 Å². The molecule has 1 aliphatic heterocycles. The van der Waals surface area contributed by atoms with Crippen molar-refractivity contribution in [1.29, 1.82) is 0 Å². The van der Waals surface area contributed by atoms with Gasteiger partial charge in [0, 0.05) is 19.2 Å². The summed E-state index contributed by atoms with van der Waals surface area (Å²) >= 11 is 0. The highest BCUT2D eigenvalue weighted by Gasteiger charge is 2.23. The quantitative estimate of drug-likeness (QED) is 0.748. The van der Waals surface area contributed by atoms with Gasteiger partial charge in [-0.2, -0.15) is 0 Å². The summed E-state index contributed by atoms with van der Waals surface area (Å²) in [6, 6.07) is 6.13. The van der Waals surface area contributed by atoms with Gasteiger partial charge in [0.1, 0.15) is 5.82 Å². The molecule has 1 fully saturated rings. The van der Waals surface area contributed by atoms with Crippen LogP contribution in [0.4, 0.5) is 4.39 Å². The van der Waals surface area contributed by atoms with Crippen LogP contribution in [0.1, 0.15) is 25.8 Å². The summed E-state index contributed by atoms with van der Waals surface area (Å²) in [5.74, 6) is 0.906. The molecular weight excluding hydrogens is 241 g/mol. The Bertz CT molecular complexity index is 456. The molecule has 0 aliphatic carbocycles. The van der Waals surface area contributed by atoms with Crippen molar-refractivity contribution in [2.75, 3.05) is 13.1 Å². The SMILES string of the molecule is C[C@@H]1C[C@H](C)CN(C(=O)/C=C/c2ccc(F)cc2)C1. The molecule has 2 rings (SSSR count). The minimum absolute atomic E-state index is 0.0442. The van der Waals surface area contributed by atoms with Crippen LogP contribution in [0, 0.1) is 17.7 Å². The van der Waals surface area contributed by atoms with Crippen molar-refractivity contribution in [3.63, 3.8) is 0 Å². The Morgan fingerprint density at radius 3 is 2.37 bits per heavy atom. The maximum atomic E-state index is 12.8. The monoisotopic (exact) mass is 261 g/mol. The first-order valence-corrected chi connectivity index (χ1v) is 6.77. The fourth-order valence-electron chi connectivity index (χ4n) is 2.69. The Balaban J connectivity index is 1.98. The van der Waals surface area contributed by atoms with E-state index in [4.69, 9.17) is 0 Å². The van der Waals surface area contributed by atoms with Crippen LogP contribution < -0.4 is 0 Å². The van der Waals surface area contributed by atoms with E-state index in [0.29, 0.717) is 11.8 Å². The van der Waals surface area contributed by atoms with Crippen LogP contribution in [0.3, 0.4) is 0 Å². The number of amides is 1. The smallest absolute Gasteiger partial charge is 0.246 e. The second-order valence-electron chi connectivity index (χ2n) is 5.57. The van der Waals surface area contributed by atoms with E-state index >= 15 is 0 Å². The van der Waals surface area contributed by atoms with E-state index in [1.807, 2.05) is 4.90 Å². The third kappa shape index (κ3) is 3.91. The number of nitrogens with zero attached hydrogens (tertiary/aromatic N) is 1. The van der Waals surface area contributed by atoms with E-state index < -0.39 is 0 Å². The van der Waals surface area contributed by atoms with Crippen molar-refractivity contribution >= 4 is 12.0 Å². The first kappa shape index (κ1) is 13.8. The maximum absolute atomic E-state index is 12.8. The van der Waals surface area contributed by atoms with Gasteiger partial charge in [-0.1, -0.05) is 26.0 Å². The third-order valence-electron chi connectivity index (χ3n) is 3.47. The van der Waals surface area contributed by atoms with E-state index in [-0.39, 0.29) is 11.7 Å². The fourth-order valence-corrected chi connectivity index (χ4v) is 2.69. The molecule has 2 atom stereocenters. The van der Waals surface area contributed by atoms with Crippen molar-refractivity contribution in [3.05, 3.63) is 41.7 Å². The number of piperidine rings is 1. The van der Waals surface area contributed by atoms with Crippen LogP contribution >= 0.6 is 0 Å². The highest BCUT2D eigenvalue weighted by molar-refractivity contribution is 5.91. The minimum Gasteiger partial charge on any atom is -0.339 e. The summed E-state index contributed by atoms with van der Waals surface area (Å²) in [7, 11) is 0. The van der Waals surface area contributed by atoms with Gasteiger partial charge in [0.15, 0.2) is 0 Å². The predicted octanol–water partition coefficient (Wildman–Crippen LogP) is 3.34. The zero-order valence-corrected chi connectivity index (χ0v) is 11.5. The average Bonchev–Trinajstić information content (AvgIpc) is 2.36. The molecule has 0 aromatic heterocycles. The number of rotatable bonds is 2. The second kappa shape index (κ2) is 6.00. The predicted molar refractivity (Wildman–Crippen MR) is 75.0 cm³/mol. The molecule has 0 bridgehead atoms. The molecule has 1 amide bonds. The van der Waals surface area contributed by atoms with Gasteiger partial charge in [-0.3, -0.25) is 4.79 Å². The van der Waals surface area contributed by atoms with Crippen LogP contribution in [0.25, 0.3) is 6.08 Å². The molecule has 1 heterocycles. The number of carbonyl (C=O) groups is 1. The fraction of sp³-hybridized carbons (Fsp3) is 0.438. The van der Waals surface area contributed by atoms with E-state index in [0.717, 1.165) is 18.7 Å². The molecule has 0 N–H and O–H groups in total. The van der Waals surface area contributed by atoms with Gasteiger partial charge in [0.25, 0.3) is 0 Å². The van der Waals surface area contributed by atoms with Crippen LogP contribution in [0.2, 0.25) is 0 Å². The van der Waals surface area contributed by atoms with Gasteiger partial charge in [0.05, 0.1) is 0 Å². The normalized spacial score (nSPS) is 23.8. The van der Waals surface area contributed by atoms with Crippen molar-refractivity contribution in [2.45, 2.75) is 20.3 Å². The zero-order chi connectivity index (χ0) is 13.8. The molecule has 1 aromatic rings. The molecule has 19 heavy (non-hydrogen) atoms. The van der Waals surface area contributed by atoms with Crippen LogP contribution in [-0.2, 0) is 4.79 Å². The van der Waals surface area contributed by atoms with Crippen LogP contribution in [0.15, 0.2) is 30.3 Å². The van der Waals surface area contributed by atoms with Gasteiger partial charge in [-0.25, -0.2) is 4.39 Å². The van der Waals surface area contributed by atoms with Crippen LogP contribution in [-0.4, -0.2) is 23.9 Å². The minimum atomic E-state index is -0.262. The van der Waals surface area contributed by atoms with Crippen molar-refractivity contribution in [3.8, 4) is 0 Å². The molecule has 2 nitrogen and oxygen atoms in total. The van der Waals surface area contributed by atoms with Gasteiger partial charge in [-0.05, 0) is 42.0 Å². The van der Waals surface area contributed by atoms with Crippen LogP contribution in [0.5, 0.6) is 0 Å². The van der Waals surface area contributed by atoms with E-state index in [9.17, 15) is 9.18 Å². The molecule has 0 unspecified atom stereocenters. The molecule has 3 heteroatoms. The molecule has 1 saturated heterocycles. The number of halogens is 1. The first-order chi connectivity index (χ1) is 9.04. The standard InChI is InChI=1S/C16H20FNO/c1-12-9-13(2)11-18(10-12)16(19)8-5-14-3-6-15(17)7-4-14/h3-8,12-13H,9-11H2,1-2H3/b8-5+/t12-,13+. The topological polar surface area (TPSA) is 20.3 Å². The molecule has 1 aromatic carbocycles. The van der Waals surface area contributed by atoms with Crippen molar-refractivity contribution < 1.29 is 9.18 Å². The summed E-state index contributed by atoms with van der Waals surface area (Å²) in [5, 5.41) is 0. The molecule has 0 radical (unpaired) electrons. The first-order valence-electron chi connectivity index (χ1n) is 6.77. The van der Waals surface area contributed by atoms with E-state index in [1.165, 1.54) is 18.6 Å². The van der Waals surface area contributed by atoms with E-state index in [2.05, 4.69) is 13.8 Å². The Labute approximate surface area is 113 Å². The largest absolute Gasteiger partial charge is 0.339 e. The lowest BCUT2D eigenvalue weighted by atomic mass is 9.92. The van der Waals surface area contributed by atoms with Gasteiger partial charge in [0.2, 0.25) is 5.91 Å². The number of hydrogen-bond acceptors (Lipinski definition) is 1.